The molecule has 0 bridgehead atoms. The molecule has 1 unspecified atom stereocenters. The van der Waals surface area contributed by atoms with Crippen LogP contribution in [-0.4, -0.2) is 53.7 Å². The zero-order valence-corrected chi connectivity index (χ0v) is 13.5. The first-order valence-electron chi connectivity index (χ1n) is 7.48. The van der Waals surface area contributed by atoms with Crippen molar-refractivity contribution >= 4 is 0 Å². The van der Waals surface area contributed by atoms with E-state index >= 15 is 0 Å². The van der Waals surface area contributed by atoms with Crippen LogP contribution in [0.25, 0.3) is 0 Å². The fraction of sp³-hybridized carbons (Fsp3) is 0.647. The van der Waals surface area contributed by atoms with Gasteiger partial charge in [0, 0.05) is 31.7 Å². The van der Waals surface area contributed by atoms with Crippen LogP contribution in [0.2, 0.25) is 0 Å². The second-order valence-electron chi connectivity index (χ2n) is 6.84. The maximum absolute atomic E-state index is 10.6. The van der Waals surface area contributed by atoms with Gasteiger partial charge in [0.15, 0.2) is 0 Å². The van der Waals surface area contributed by atoms with Crippen LogP contribution in [0.5, 0.6) is 0 Å². The molecule has 3 nitrogen and oxygen atoms in total. The zero-order valence-electron chi connectivity index (χ0n) is 13.5. The Labute approximate surface area is 123 Å². The fourth-order valence-corrected chi connectivity index (χ4v) is 2.96. The van der Waals surface area contributed by atoms with Crippen LogP contribution >= 0.6 is 0 Å². The smallest absolute Gasteiger partial charge is 0.0919 e. The molecule has 1 fully saturated rings. The summed E-state index contributed by atoms with van der Waals surface area (Å²) in [5.74, 6) is 0. The molecular weight excluding hydrogens is 248 g/mol. The van der Waals surface area contributed by atoms with Crippen LogP contribution in [0.15, 0.2) is 18.2 Å². The minimum absolute atomic E-state index is 0.180. The van der Waals surface area contributed by atoms with Crippen molar-refractivity contribution in [3.63, 3.8) is 0 Å². The van der Waals surface area contributed by atoms with E-state index in [0.29, 0.717) is 0 Å². The number of piperazine rings is 1. The van der Waals surface area contributed by atoms with Gasteiger partial charge in [-0.15, -0.1) is 0 Å². The van der Waals surface area contributed by atoms with Gasteiger partial charge in [0.25, 0.3) is 0 Å². The number of aliphatic hydroxyl groups excluding tert-OH is 1. The Morgan fingerprint density at radius 2 is 1.95 bits per heavy atom. The molecule has 1 aliphatic heterocycles. The first kappa shape index (κ1) is 15.5. The van der Waals surface area contributed by atoms with E-state index in [1.54, 1.807) is 0 Å². The molecule has 0 aliphatic carbocycles. The number of aryl methyl sites for hydroxylation is 2. The van der Waals surface area contributed by atoms with E-state index in [4.69, 9.17) is 0 Å². The van der Waals surface area contributed by atoms with E-state index in [-0.39, 0.29) is 5.54 Å². The van der Waals surface area contributed by atoms with E-state index in [1.807, 2.05) is 0 Å². The van der Waals surface area contributed by atoms with Gasteiger partial charge in [-0.05, 0) is 45.9 Å². The minimum Gasteiger partial charge on any atom is -0.387 e. The van der Waals surface area contributed by atoms with Gasteiger partial charge in [0.2, 0.25) is 0 Å². The van der Waals surface area contributed by atoms with E-state index in [1.165, 1.54) is 11.1 Å². The van der Waals surface area contributed by atoms with Gasteiger partial charge in [-0.25, -0.2) is 0 Å². The second kappa shape index (κ2) is 5.84. The minimum atomic E-state index is -0.394. The molecule has 1 saturated heterocycles. The van der Waals surface area contributed by atoms with Crippen molar-refractivity contribution in [1.29, 1.82) is 0 Å². The van der Waals surface area contributed by atoms with Crippen molar-refractivity contribution in [2.75, 3.05) is 33.2 Å². The Kier molecular flexibility index (Phi) is 4.52. The fourth-order valence-electron chi connectivity index (χ4n) is 2.96. The van der Waals surface area contributed by atoms with Crippen LogP contribution in [0.4, 0.5) is 0 Å². The highest BCUT2D eigenvalue weighted by Crippen LogP contribution is 2.24. The van der Waals surface area contributed by atoms with Crippen molar-refractivity contribution in [2.24, 2.45) is 0 Å². The summed E-state index contributed by atoms with van der Waals surface area (Å²) in [7, 11) is 2.18. The molecule has 0 saturated carbocycles. The Hall–Kier alpha value is -0.900. The van der Waals surface area contributed by atoms with Gasteiger partial charge in [-0.1, -0.05) is 23.8 Å². The predicted molar refractivity (Wildman–Crippen MR) is 84.0 cm³/mol. The molecule has 20 heavy (non-hydrogen) atoms. The Morgan fingerprint density at radius 3 is 2.60 bits per heavy atom. The van der Waals surface area contributed by atoms with E-state index in [9.17, 15) is 5.11 Å². The number of hydrogen-bond donors (Lipinski definition) is 1. The Balaban J connectivity index is 2.05. The molecule has 2 rings (SSSR count). The average Bonchev–Trinajstić information content (AvgIpc) is 2.36. The molecule has 1 aliphatic rings. The molecule has 0 radical (unpaired) electrons. The summed E-state index contributed by atoms with van der Waals surface area (Å²) in [6.45, 7) is 12.5. The lowest BCUT2D eigenvalue weighted by Crippen LogP contribution is -2.58. The lowest BCUT2D eigenvalue weighted by Gasteiger charge is -2.45. The molecule has 1 N–H and O–H groups in total. The molecular formula is C17H28N2O. The summed E-state index contributed by atoms with van der Waals surface area (Å²) in [5, 5.41) is 10.6. The quantitative estimate of drug-likeness (QED) is 0.918. The summed E-state index contributed by atoms with van der Waals surface area (Å²) in [6, 6.07) is 6.31. The van der Waals surface area contributed by atoms with E-state index in [2.05, 4.69) is 62.7 Å². The largest absolute Gasteiger partial charge is 0.387 e. The lowest BCUT2D eigenvalue weighted by molar-refractivity contribution is 0.0140. The molecule has 3 heteroatoms. The first-order chi connectivity index (χ1) is 9.29. The van der Waals surface area contributed by atoms with Crippen LogP contribution in [0.3, 0.4) is 0 Å². The predicted octanol–water partition coefficient (Wildman–Crippen LogP) is 2.36. The highest BCUT2D eigenvalue weighted by Gasteiger charge is 2.31. The first-order valence-corrected chi connectivity index (χ1v) is 7.48. The van der Waals surface area contributed by atoms with E-state index < -0.39 is 6.10 Å². The van der Waals surface area contributed by atoms with Crippen LogP contribution in [0, 0.1) is 13.8 Å². The standard InChI is InChI=1S/C17H28N2O/c1-13-6-7-14(2)15(10-13)16(20)11-19-9-8-18(5)17(3,4)12-19/h6-7,10,16,20H,8-9,11-12H2,1-5H3. The maximum atomic E-state index is 10.6. The molecule has 1 atom stereocenters. The number of nitrogens with zero attached hydrogens (tertiary/aromatic N) is 2. The summed E-state index contributed by atoms with van der Waals surface area (Å²) in [5.41, 5.74) is 3.64. The molecule has 112 valence electrons. The van der Waals surface area contributed by atoms with Gasteiger partial charge in [0.05, 0.1) is 6.10 Å². The molecule has 1 aromatic rings. The van der Waals surface area contributed by atoms with Crippen LogP contribution < -0.4 is 0 Å². The van der Waals surface area contributed by atoms with Crippen LogP contribution in [0.1, 0.15) is 36.6 Å². The Morgan fingerprint density at radius 1 is 1.25 bits per heavy atom. The normalized spacial score (nSPS) is 21.9. The van der Waals surface area contributed by atoms with Crippen molar-refractivity contribution < 1.29 is 5.11 Å². The van der Waals surface area contributed by atoms with Gasteiger partial charge in [0.1, 0.15) is 0 Å². The summed E-state index contributed by atoms with van der Waals surface area (Å²) in [6.07, 6.45) is -0.394. The highest BCUT2D eigenvalue weighted by atomic mass is 16.3. The number of likely N-dealkylation sites (N-methyl/N-ethyl adjacent to an activating group) is 1. The van der Waals surface area contributed by atoms with Crippen molar-refractivity contribution in [1.82, 2.24) is 9.80 Å². The maximum Gasteiger partial charge on any atom is 0.0919 e. The number of rotatable bonds is 3. The monoisotopic (exact) mass is 276 g/mol. The topological polar surface area (TPSA) is 26.7 Å². The average molecular weight is 276 g/mol. The third kappa shape index (κ3) is 3.40. The van der Waals surface area contributed by atoms with Crippen molar-refractivity contribution in [2.45, 2.75) is 39.3 Å². The third-order valence-electron chi connectivity index (χ3n) is 4.62. The lowest BCUT2D eigenvalue weighted by atomic mass is 9.97. The molecule has 0 amide bonds. The highest BCUT2D eigenvalue weighted by molar-refractivity contribution is 5.32. The summed E-state index contributed by atoms with van der Waals surface area (Å²) in [4.78, 5) is 4.78. The third-order valence-corrected chi connectivity index (χ3v) is 4.62. The molecule has 0 aromatic heterocycles. The SMILES string of the molecule is Cc1ccc(C)c(C(O)CN2CCN(C)C(C)(C)C2)c1. The summed E-state index contributed by atoms with van der Waals surface area (Å²) >= 11 is 0. The van der Waals surface area contributed by atoms with E-state index in [0.717, 1.165) is 31.7 Å². The zero-order chi connectivity index (χ0) is 14.9. The van der Waals surface area contributed by atoms with Gasteiger partial charge >= 0.3 is 0 Å². The van der Waals surface area contributed by atoms with Gasteiger partial charge < -0.3 is 5.11 Å². The number of β-amino-alcohol motifs (C(OH)–C–C–N with tert-alkyl or cyclic N) is 1. The van der Waals surface area contributed by atoms with Crippen LogP contribution in [-0.2, 0) is 0 Å². The number of aliphatic hydroxyl groups is 1. The van der Waals surface area contributed by atoms with Crippen molar-refractivity contribution in [3.8, 4) is 0 Å². The van der Waals surface area contributed by atoms with Gasteiger partial charge in [-0.2, -0.15) is 0 Å². The second-order valence-corrected chi connectivity index (χ2v) is 6.84. The molecule has 1 aromatic carbocycles. The Bertz CT molecular complexity index is 470. The number of hydrogen-bond acceptors (Lipinski definition) is 3. The number of benzene rings is 1. The van der Waals surface area contributed by atoms with Crippen molar-refractivity contribution in [3.05, 3.63) is 34.9 Å². The molecule has 0 spiro atoms. The van der Waals surface area contributed by atoms with Gasteiger partial charge in [-0.3, -0.25) is 9.80 Å². The summed E-state index contributed by atoms with van der Waals surface area (Å²) < 4.78 is 0. The molecule has 1 heterocycles.